The Hall–Kier alpha value is -2.75. The third-order valence-electron chi connectivity index (χ3n) is 3.34. The lowest BCUT2D eigenvalue weighted by molar-refractivity contribution is 0.112. The van der Waals surface area contributed by atoms with Crippen LogP contribution < -0.4 is 5.56 Å². The van der Waals surface area contributed by atoms with Crippen molar-refractivity contribution in [3.63, 3.8) is 0 Å². The van der Waals surface area contributed by atoms with E-state index in [1.807, 2.05) is 18.2 Å². The first kappa shape index (κ1) is 12.3. The van der Waals surface area contributed by atoms with E-state index in [9.17, 15) is 9.59 Å². The van der Waals surface area contributed by atoms with Gasteiger partial charge in [-0.2, -0.15) is 0 Å². The van der Waals surface area contributed by atoms with E-state index >= 15 is 0 Å². The summed E-state index contributed by atoms with van der Waals surface area (Å²) < 4.78 is 1.55. The Morgan fingerprint density at radius 2 is 1.85 bits per heavy atom. The molecule has 98 valence electrons. The average Bonchev–Trinajstić information content (AvgIpc) is 2.51. The molecule has 20 heavy (non-hydrogen) atoms. The van der Waals surface area contributed by atoms with Crippen LogP contribution in [0.15, 0.2) is 53.7 Å². The minimum atomic E-state index is -0.0682. The molecule has 0 bridgehead atoms. The third-order valence-corrected chi connectivity index (χ3v) is 3.34. The SMILES string of the molecule is Cn1cc(-c2ccc(C=O)cc2)c2ccncc2c1=O. The molecule has 0 unspecified atom stereocenters. The van der Waals surface area contributed by atoms with Gasteiger partial charge in [-0.3, -0.25) is 14.6 Å². The predicted octanol–water partition coefficient (Wildman–Crippen LogP) is 2.41. The summed E-state index contributed by atoms with van der Waals surface area (Å²) in [6.07, 6.45) is 5.87. The summed E-state index contributed by atoms with van der Waals surface area (Å²) in [4.78, 5) is 26.8. The fourth-order valence-corrected chi connectivity index (χ4v) is 2.28. The molecule has 2 aromatic heterocycles. The van der Waals surface area contributed by atoms with Crippen molar-refractivity contribution >= 4 is 17.1 Å². The highest BCUT2D eigenvalue weighted by molar-refractivity contribution is 5.95. The topological polar surface area (TPSA) is 52.0 Å². The predicted molar refractivity (Wildman–Crippen MR) is 77.8 cm³/mol. The quantitative estimate of drug-likeness (QED) is 0.668. The number of pyridine rings is 2. The van der Waals surface area contributed by atoms with Crippen molar-refractivity contribution < 1.29 is 4.79 Å². The fourth-order valence-electron chi connectivity index (χ4n) is 2.28. The van der Waals surface area contributed by atoms with Crippen molar-refractivity contribution in [2.45, 2.75) is 0 Å². The Bertz CT molecular complexity index is 848. The minimum absolute atomic E-state index is 0.0682. The van der Waals surface area contributed by atoms with Gasteiger partial charge < -0.3 is 4.57 Å². The molecule has 3 aromatic rings. The Morgan fingerprint density at radius 1 is 1.10 bits per heavy atom. The fraction of sp³-hybridized carbons (Fsp3) is 0.0625. The van der Waals surface area contributed by atoms with Gasteiger partial charge in [0.05, 0.1) is 5.39 Å². The van der Waals surface area contributed by atoms with Crippen LogP contribution in [-0.2, 0) is 7.05 Å². The van der Waals surface area contributed by atoms with Crippen LogP contribution in [0.4, 0.5) is 0 Å². The van der Waals surface area contributed by atoms with Gasteiger partial charge in [0.15, 0.2) is 0 Å². The van der Waals surface area contributed by atoms with Gasteiger partial charge in [0, 0.05) is 36.8 Å². The molecule has 0 saturated heterocycles. The van der Waals surface area contributed by atoms with Crippen LogP contribution in [0.1, 0.15) is 10.4 Å². The molecule has 0 fully saturated rings. The number of aryl methyl sites for hydroxylation is 1. The van der Waals surface area contributed by atoms with E-state index in [0.29, 0.717) is 10.9 Å². The summed E-state index contributed by atoms with van der Waals surface area (Å²) in [5.41, 5.74) is 2.47. The Kier molecular flexibility index (Phi) is 2.91. The van der Waals surface area contributed by atoms with Crippen molar-refractivity contribution in [2.24, 2.45) is 7.05 Å². The van der Waals surface area contributed by atoms with E-state index in [2.05, 4.69) is 4.98 Å². The molecular formula is C16H12N2O2. The van der Waals surface area contributed by atoms with Crippen molar-refractivity contribution in [3.8, 4) is 11.1 Å². The molecule has 0 atom stereocenters. The van der Waals surface area contributed by atoms with Gasteiger partial charge in [0.1, 0.15) is 6.29 Å². The van der Waals surface area contributed by atoms with E-state index < -0.39 is 0 Å². The van der Waals surface area contributed by atoms with E-state index in [1.54, 1.807) is 42.3 Å². The van der Waals surface area contributed by atoms with Gasteiger partial charge in [-0.25, -0.2) is 0 Å². The standard InChI is InChI=1S/C16H12N2O2/c1-18-9-15(12-4-2-11(10-19)3-5-12)13-6-7-17-8-14(13)16(18)20/h2-10H,1H3. The largest absolute Gasteiger partial charge is 0.317 e. The molecule has 4 nitrogen and oxygen atoms in total. The summed E-state index contributed by atoms with van der Waals surface area (Å²) in [7, 11) is 1.72. The summed E-state index contributed by atoms with van der Waals surface area (Å²) in [6, 6.07) is 9.12. The molecule has 0 N–H and O–H groups in total. The van der Waals surface area contributed by atoms with Crippen molar-refractivity contribution in [2.75, 3.05) is 0 Å². The van der Waals surface area contributed by atoms with Crippen molar-refractivity contribution in [3.05, 3.63) is 64.8 Å². The van der Waals surface area contributed by atoms with Gasteiger partial charge >= 0.3 is 0 Å². The summed E-state index contributed by atoms with van der Waals surface area (Å²) in [5, 5.41) is 1.45. The number of carbonyl (C=O) groups excluding carboxylic acids is 1. The lowest BCUT2D eigenvalue weighted by Crippen LogP contribution is -2.16. The zero-order valence-electron chi connectivity index (χ0n) is 10.9. The Morgan fingerprint density at radius 3 is 2.55 bits per heavy atom. The lowest BCUT2D eigenvalue weighted by atomic mass is 10.0. The molecule has 0 radical (unpaired) electrons. The molecule has 1 aromatic carbocycles. The van der Waals surface area contributed by atoms with Crippen LogP contribution in [0.5, 0.6) is 0 Å². The molecule has 4 heteroatoms. The van der Waals surface area contributed by atoms with Crippen LogP contribution in [0, 0.1) is 0 Å². The monoisotopic (exact) mass is 264 g/mol. The van der Waals surface area contributed by atoms with Gasteiger partial charge in [0.2, 0.25) is 0 Å². The summed E-state index contributed by atoms with van der Waals surface area (Å²) in [6.45, 7) is 0. The number of nitrogens with zero attached hydrogens (tertiary/aromatic N) is 2. The average molecular weight is 264 g/mol. The van der Waals surface area contributed by atoms with E-state index in [-0.39, 0.29) is 5.56 Å². The molecule has 3 rings (SSSR count). The van der Waals surface area contributed by atoms with Crippen LogP contribution in [0.2, 0.25) is 0 Å². The Labute approximate surface area is 115 Å². The zero-order chi connectivity index (χ0) is 14.1. The summed E-state index contributed by atoms with van der Waals surface area (Å²) >= 11 is 0. The van der Waals surface area contributed by atoms with Crippen LogP contribution in [0.25, 0.3) is 21.9 Å². The molecular weight excluding hydrogens is 252 g/mol. The van der Waals surface area contributed by atoms with Crippen LogP contribution in [0.3, 0.4) is 0 Å². The number of aromatic nitrogens is 2. The number of hydrogen-bond acceptors (Lipinski definition) is 3. The van der Waals surface area contributed by atoms with Gasteiger partial charge in [0.25, 0.3) is 5.56 Å². The Balaban J connectivity index is 2.32. The maximum atomic E-state index is 12.1. The smallest absolute Gasteiger partial charge is 0.259 e. The zero-order valence-corrected chi connectivity index (χ0v) is 10.9. The maximum Gasteiger partial charge on any atom is 0.259 e. The first-order valence-corrected chi connectivity index (χ1v) is 6.19. The highest BCUT2D eigenvalue weighted by Crippen LogP contribution is 2.26. The number of rotatable bonds is 2. The molecule has 0 saturated carbocycles. The van der Waals surface area contributed by atoms with Crippen LogP contribution in [-0.4, -0.2) is 15.8 Å². The molecule has 0 aliphatic rings. The number of fused-ring (bicyclic) bond motifs is 1. The van der Waals surface area contributed by atoms with Gasteiger partial charge in [-0.05, 0) is 17.0 Å². The lowest BCUT2D eigenvalue weighted by Gasteiger charge is -2.09. The van der Waals surface area contributed by atoms with E-state index in [4.69, 9.17) is 0 Å². The number of carbonyl (C=O) groups is 1. The van der Waals surface area contributed by atoms with Crippen LogP contribution >= 0.6 is 0 Å². The summed E-state index contributed by atoms with van der Waals surface area (Å²) in [5.74, 6) is 0. The van der Waals surface area contributed by atoms with Gasteiger partial charge in [-0.1, -0.05) is 24.3 Å². The second-order valence-electron chi connectivity index (χ2n) is 4.62. The third kappa shape index (κ3) is 1.91. The number of hydrogen-bond donors (Lipinski definition) is 0. The second-order valence-corrected chi connectivity index (χ2v) is 4.62. The first-order chi connectivity index (χ1) is 9.70. The normalized spacial score (nSPS) is 10.7. The molecule has 0 aliphatic carbocycles. The van der Waals surface area contributed by atoms with Crippen molar-refractivity contribution in [1.82, 2.24) is 9.55 Å². The molecule has 0 amide bonds. The van der Waals surface area contributed by atoms with Gasteiger partial charge in [-0.15, -0.1) is 0 Å². The maximum absolute atomic E-state index is 12.1. The minimum Gasteiger partial charge on any atom is -0.317 e. The van der Waals surface area contributed by atoms with E-state index in [0.717, 1.165) is 22.8 Å². The van der Waals surface area contributed by atoms with E-state index in [1.165, 1.54) is 0 Å². The van der Waals surface area contributed by atoms with Crippen molar-refractivity contribution in [1.29, 1.82) is 0 Å². The second kappa shape index (κ2) is 4.74. The number of benzene rings is 1. The highest BCUT2D eigenvalue weighted by Gasteiger charge is 2.08. The molecule has 0 spiro atoms. The molecule has 0 aliphatic heterocycles. The highest BCUT2D eigenvalue weighted by atomic mass is 16.1. The molecule has 2 heterocycles. The first-order valence-electron chi connectivity index (χ1n) is 6.19. The number of aldehydes is 1.